The second kappa shape index (κ2) is 15.7. The minimum atomic E-state index is -1.06. The SMILES string of the molecule is CCCC(C)OC(=O)O[C@@H](C)[C@H](C)OC(=O)[C@@H](N)Cc1ccc(OC(=O)CC(C)(C)C)c(OC(=O)CC(C)(C)C)c1. The third kappa shape index (κ3) is 14.9. The maximum absolute atomic E-state index is 12.7. The fourth-order valence-corrected chi connectivity index (χ4v) is 3.64. The molecule has 1 aromatic rings. The fourth-order valence-electron chi connectivity index (χ4n) is 3.64. The molecule has 0 heterocycles. The van der Waals surface area contributed by atoms with Gasteiger partial charge in [0.05, 0.1) is 12.8 Å². The number of nitrogens with two attached hydrogens (primary N) is 1. The summed E-state index contributed by atoms with van der Waals surface area (Å²) in [5.74, 6) is -1.50. The van der Waals surface area contributed by atoms with Crippen molar-refractivity contribution in [2.24, 2.45) is 16.6 Å². The van der Waals surface area contributed by atoms with Crippen molar-refractivity contribution in [1.29, 1.82) is 0 Å². The summed E-state index contributed by atoms with van der Waals surface area (Å²) in [7, 11) is 0. The molecule has 0 aromatic heterocycles. The van der Waals surface area contributed by atoms with Crippen LogP contribution < -0.4 is 15.2 Å². The zero-order chi connectivity index (χ0) is 31.5. The van der Waals surface area contributed by atoms with E-state index in [4.69, 9.17) is 29.4 Å². The summed E-state index contributed by atoms with van der Waals surface area (Å²) >= 11 is 0. The van der Waals surface area contributed by atoms with Crippen LogP contribution in [0.3, 0.4) is 0 Å². The topological polar surface area (TPSA) is 140 Å². The summed E-state index contributed by atoms with van der Waals surface area (Å²) < 4.78 is 26.9. The van der Waals surface area contributed by atoms with E-state index in [2.05, 4.69) is 0 Å². The molecule has 0 spiro atoms. The van der Waals surface area contributed by atoms with Crippen LogP contribution in [-0.4, -0.2) is 48.4 Å². The van der Waals surface area contributed by atoms with E-state index >= 15 is 0 Å². The van der Waals surface area contributed by atoms with Gasteiger partial charge in [-0.05, 0) is 62.1 Å². The molecule has 0 fully saturated rings. The predicted molar refractivity (Wildman–Crippen MR) is 154 cm³/mol. The van der Waals surface area contributed by atoms with Crippen LogP contribution in [0.4, 0.5) is 4.79 Å². The molecular weight excluding hydrogens is 530 g/mol. The van der Waals surface area contributed by atoms with E-state index in [-0.39, 0.29) is 47.7 Å². The third-order valence-electron chi connectivity index (χ3n) is 5.80. The van der Waals surface area contributed by atoms with Crippen molar-refractivity contribution in [2.45, 2.75) is 126 Å². The van der Waals surface area contributed by atoms with Gasteiger partial charge < -0.3 is 29.4 Å². The van der Waals surface area contributed by atoms with E-state index in [9.17, 15) is 19.2 Å². The third-order valence-corrected chi connectivity index (χ3v) is 5.80. The van der Waals surface area contributed by atoms with Crippen LogP contribution in [0, 0.1) is 10.8 Å². The van der Waals surface area contributed by atoms with Gasteiger partial charge in [-0.25, -0.2) is 4.79 Å². The van der Waals surface area contributed by atoms with Crippen LogP contribution in [0.1, 0.15) is 100 Å². The summed E-state index contributed by atoms with van der Waals surface area (Å²) in [5.41, 5.74) is 6.08. The first-order chi connectivity index (χ1) is 18.8. The lowest BCUT2D eigenvalue weighted by Gasteiger charge is -2.23. The number of hydrogen-bond acceptors (Lipinski definition) is 10. The Morgan fingerprint density at radius 3 is 1.80 bits per heavy atom. The smallest absolute Gasteiger partial charge is 0.458 e. The average Bonchev–Trinajstić information content (AvgIpc) is 2.78. The van der Waals surface area contributed by atoms with Crippen molar-refractivity contribution in [2.75, 3.05) is 0 Å². The highest BCUT2D eigenvalue weighted by Crippen LogP contribution is 2.32. The highest BCUT2D eigenvalue weighted by Gasteiger charge is 2.27. The summed E-state index contributed by atoms with van der Waals surface area (Å²) in [6.07, 6.45) is -0.720. The highest BCUT2D eigenvalue weighted by molar-refractivity contribution is 5.78. The number of benzene rings is 1. The van der Waals surface area contributed by atoms with Crippen molar-refractivity contribution < 1.29 is 42.9 Å². The molecule has 0 radical (unpaired) electrons. The Labute approximate surface area is 244 Å². The molecule has 4 atom stereocenters. The monoisotopic (exact) mass is 579 g/mol. The van der Waals surface area contributed by atoms with E-state index < -0.39 is 42.3 Å². The molecule has 0 saturated carbocycles. The van der Waals surface area contributed by atoms with Crippen LogP contribution in [0.15, 0.2) is 18.2 Å². The van der Waals surface area contributed by atoms with E-state index in [0.29, 0.717) is 12.0 Å². The normalized spacial score (nSPS) is 14.7. The number of hydrogen-bond donors (Lipinski definition) is 1. The van der Waals surface area contributed by atoms with E-state index in [1.807, 2.05) is 48.5 Å². The van der Waals surface area contributed by atoms with Gasteiger partial charge in [-0.1, -0.05) is 61.0 Å². The zero-order valence-electron chi connectivity index (χ0n) is 26.3. The van der Waals surface area contributed by atoms with Gasteiger partial charge in [-0.3, -0.25) is 14.4 Å². The van der Waals surface area contributed by atoms with Gasteiger partial charge in [-0.2, -0.15) is 0 Å². The van der Waals surface area contributed by atoms with E-state index in [0.717, 1.165) is 6.42 Å². The molecule has 0 aliphatic rings. The Morgan fingerprint density at radius 1 is 0.780 bits per heavy atom. The lowest BCUT2D eigenvalue weighted by atomic mass is 9.92. The van der Waals surface area contributed by atoms with Crippen LogP contribution in [0.25, 0.3) is 0 Å². The second-order valence-corrected chi connectivity index (χ2v) is 12.9. The minimum Gasteiger partial charge on any atom is -0.458 e. The lowest BCUT2D eigenvalue weighted by Crippen LogP contribution is -2.39. The number of ether oxygens (including phenoxy) is 5. The Bertz CT molecular complexity index is 1040. The molecule has 1 aromatic carbocycles. The Hall–Kier alpha value is -3.14. The summed E-state index contributed by atoms with van der Waals surface area (Å²) in [5, 5.41) is 0. The molecule has 1 unspecified atom stereocenters. The van der Waals surface area contributed by atoms with Crippen molar-refractivity contribution >= 4 is 24.1 Å². The fraction of sp³-hybridized carbons (Fsp3) is 0.677. The van der Waals surface area contributed by atoms with Crippen LogP contribution in [-0.2, 0) is 35.0 Å². The standard InChI is InChI=1S/C31H49NO9/c1-11-12-19(2)37-29(36)39-21(4)20(3)38-28(35)23(32)15-22-13-14-24(40-26(33)17-30(5,6)7)25(16-22)41-27(34)18-31(8,9)10/h13-14,16,19-21,23H,11-12,15,17-18,32H2,1-10H3/t19?,20-,21-,23-/m0/s1. The lowest BCUT2D eigenvalue weighted by molar-refractivity contribution is -0.155. The van der Waals surface area contributed by atoms with E-state index in [1.165, 1.54) is 12.1 Å². The molecule has 1 rings (SSSR count). The first kappa shape index (κ1) is 35.9. The number of rotatable bonds is 13. The number of esters is 3. The molecule has 0 aliphatic carbocycles. The molecule has 0 amide bonds. The van der Waals surface area contributed by atoms with E-state index in [1.54, 1.807) is 26.8 Å². The summed E-state index contributed by atoms with van der Waals surface area (Å²) in [6.45, 7) is 18.4. The molecule has 0 bridgehead atoms. The maximum Gasteiger partial charge on any atom is 0.508 e. The predicted octanol–water partition coefficient (Wildman–Crippen LogP) is 5.90. The van der Waals surface area contributed by atoms with Gasteiger partial charge in [0, 0.05) is 0 Å². The molecule has 232 valence electrons. The largest absolute Gasteiger partial charge is 0.508 e. The highest BCUT2D eigenvalue weighted by atomic mass is 16.7. The Balaban J connectivity index is 2.94. The molecule has 10 heteroatoms. The quantitative estimate of drug-likeness (QED) is 0.222. The first-order valence-corrected chi connectivity index (χ1v) is 14.2. The van der Waals surface area contributed by atoms with Gasteiger partial charge in [0.2, 0.25) is 0 Å². The van der Waals surface area contributed by atoms with Crippen LogP contribution >= 0.6 is 0 Å². The molecule has 2 N–H and O–H groups in total. The van der Waals surface area contributed by atoms with Crippen LogP contribution in [0.5, 0.6) is 11.5 Å². The van der Waals surface area contributed by atoms with Crippen molar-refractivity contribution in [3.05, 3.63) is 23.8 Å². The van der Waals surface area contributed by atoms with Gasteiger partial charge in [0.1, 0.15) is 24.4 Å². The van der Waals surface area contributed by atoms with Crippen molar-refractivity contribution in [3.63, 3.8) is 0 Å². The van der Waals surface area contributed by atoms with Gasteiger partial charge in [0.25, 0.3) is 0 Å². The van der Waals surface area contributed by atoms with Crippen molar-refractivity contribution in [1.82, 2.24) is 0 Å². The number of carbonyl (C=O) groups is 4. The molecule has 0 aliphatic heterocycles. The Kier molecular flexibility index (Phi) is 13.8. The van der Waals surface area contributed by atoms with Gasteiger partial charge in [0.15, 0.2) is 11.5 Å². The van der Waals surface area contributed by atoms with Gasteiger partial charge in [-0.15, -0.1) is 0 Å². The second-order valence-electron chi connectivity index (χ2n) is 12.9. The maximum atomic E-state index is 12.7. The summed E-state index contributed by atoms with van der Waals surface area (Å²) in [4.78, 5) is 49.7. The molecule has 10 nitrogen and oxygen atoms in total. The summed E-state index contributed by atoms with van der Waals surface area (Å²) in [6, 6.07) is 3.61. The molecule has 41 heavy (non-hydrogen) atoms. The first-order valence-electron chi connectivity index (χ1n) is 14.2. The minimum absolute atomic E-state index is 0.0530. The zero-order valence-corrected chi connectivity index (χ0v) is 26.3. The van der Waals surface area contributed by atoms with Crippen molar-refractivity contribution in [3.8, 4) is 11.5 Å². The Morgan fingerprint density at radius 2 is 1.29 bits per heavy atom. The van der Waals surface area contributed by atoms with Crippen LogP contribution in [0.2, 0.25) is 0 Å². The molecular formula is C31H49NO9. The molecule has 0 saturated heterocycles. The average molecular weight is 580 g/mol. The number of carbonyl (C=O) groups excluding carboxylic acids is 4. The van der Waals surface area contributed by atoms with Gasteiger partial charge >= 0.3 is 24.1 Å².